The van der Waals surface area contributed by atoms with E-state index in [1.54, 1.807) is 6.33 Å². The molecule has 8 nitrogen and oxygen atoms in total. The maximum absolute atomic E-state index is 6.03. The van der Waals surface area contributed by atoms with Gasteiger partial charge in [-0.15, -0.1) is 10.2 Å². The third kappa shape index (κ3) is 7.79. The van der Waals surface area contributed by atoms with Gasteiger partial charge in [-0.1, -0.05) is 30.7 Å². The predicted octanol–water partition coefficient (Wildman–Crippen LogP) is 2.51. The molecule has 1 fully saturated rings. The van der Waals surface area contributed by atoms with Gasteiger partial charge in [-0.05, 0) is 31.0 Å². The van der Waals surface area contributed by atoms with Crippen LogP contribution in [0.5, 0.6) is 0 Å². The number of hydrogen-bond acceptors (Lipinski definition) is 5. The van der Waals surface area contributed by atoms with Crippen LogP contribution in [0.15, 0.2) is 35.6 Å². The van der Waals surface area contributed by atoms with Crippen LogP contribution >= 0.6 is 11.6 Å². The summed E-state index contributed by atoms with van der Waals surface area (Å²) in [6, 6.07) is 8.03. The number of aliphatic imine (C=N–C) groups is 1. The van der Waals surface area contributed by atoms with Crippen molar-refractivity contribution in [3.63, 3.8) is 0 Å². The first-order valence-corrected chi connectivity index (χ1v) is 11.5. The fraction of sp³-hybridized carbons (Fsp3) is 0.591. The second kappa shape index (κ2) is 12.6. The Bertz CT molecular complexity index is 802. The number of halogens is 1. The molecule has 0 spiro atoms. The molecule has 0 bridgehead atoms. The number of nitrogens with zero attached hydrogens (tertiary/aromatic N) is 5. The molecule has 2 N–H and O–H groups in total. The van der Waals surface area contributed by atoms with E-state index < -0.39 is 0 Å². The minimum Gasteiger partial charge on any atom is -0.379 e. The fourth-order valence-corrected chi connectivity index (χ4v) is 3.66. The van der Waals surface area contributed by atoms with Crippen LogP contribution in [-0.2, 0) is 17.7 Å². The number of ether oxygens (including phenoxy) is 1. The van der Waals surface area contributed by atoms with Gasteiger partial charge in [-0.25, -0.2) is 0 Å². The van der Waals surface area contributed by atoms with Crippen molar-refractivity contribution in [1.29, 1.82) is 0 Å². The van der Waals surface area contributed by atoms with Gasteiger partial charge in [-0.3, -0.25) is 9.89 Å². The first-order chi connectivity index (χ1) is 15.2. The lowest BCUT2D eigenvalue weighted by atomic mass is 10.1. The highest BCUT2D eigenvalue weighted by Crippen LogP contribution is 2.15. The van der Waals surface area contributed by atoms with Gasteiger partial charge in [0, 0.05) is 50.7 Å². The lowest BCUT2D eigenvalue weighted by Crippen LogP contribution is -2.40. The van der Waals surface area contributed by atoms with Crippen LogP contribution in [0.25, 0.3) is 0 Å². The molecule has 0 radical (unpaired) electrons. The molecule has 0 amide bonds. The standard InChI is InChI=1S/C22H34ClN7O/c1-3-21-28-26-17-30(21)12-10-25-22(24-9-4-11-29-13-15-31-16-14-29)27-18(2)19-5-7-20(23)8-6-19/h5-8,17-18H,3-4,9-16H2,1-2H3,(H2,24,25,27). The summed E-state index contributed by atoms with van der Waals surface area (Å²) in [5.74, 6) is 1.81. The molecule has 31 heavy (non-hydrogen) atoms. The average Bonchev–Trinajstić information content (AvgIpc) is 3.25. The van der Waals surface area contributed by atoms with E-state index in [4.69, 9.17) is 21.3 Å². The lowest BCUT2D eigenvalue weighted by molar-refractivity contribution is 0.0377. The molecule has 1 aliphatic rings. The maximum Gasteiger partial charge on any atom is 0.191 e. The normalized spacial score (nSPS) is 16.3. The molecule has 2 aromatic rings. The van der Waals surface area contributed by atoms with Gasteiger partial charge in [0.1, 0.15) is 12.2 Å². The number of nitrogens with one attached hydrogen (secondary N) is 2. The first-order valence-electron chi connectivity index (χ1n) is 11.1. The third-order valence-electron chi connectivity index (χ3n) is 5.39. The van der Waals surface area contributed by atoms with Gasteiger partial charge < -0.3 is 19.9 Å². The minimum absolute atomic E-state index is 0.115. The molecule has 1 aromatic heterocycles. The van der Waals surface area contributed by atoms with Gasteiger partial charge in [-0.2, -0.15) is 0 Å². The van der Waals surface area contributed by atoms with Gasteiger partial charge in [0.15, 0.2) is 5.96 Å². The van der Waals surface area contributed by atoms with Gasteiger partial charge in [0.05, 0.1) is 19.3 Å². The van der Waals surface area contributed by atoms with Crippen molar-refractivity contribution in [3.8, 4) is 0 Å². The van der Waals surface area contributed by atoms with Crippen LogP contribution in [-0.4, -0.2) is 71.6 Å². The summed E-state index contributed by atoms with van der Waals surface area (Å²) in [4.78, 5) is 7.26. The van der Waals surface area contributed by atoms with Crippen molar-refractivity contribution in [1.82, 2.24) is 30.3 Å². The van der Waals surface area contributed by atoms with Gasteiger partial charge >= 0.3 is 0 Å². The molecule has 1 saturated heterocycles. The summed E-state index contributed by atoms with van der Waals surface area (Å²) in [5.41, 5.74) is 1.17. The minimum atomic E-state index is 0.115. The second-order valence-corrected chi connectivity index (χ2v) is 8.11. The Morgan fingerprint density at radius 1 is 1.23 bits per heavy atom. The van der Waals surface area contributed by atoms with E-state index >= 15 is 0 Å². The smallest absolute Gasteiger partial charge is 0.191 e. The number of benzene rings is 1. The molecule has 1 unspecified atom stereocenters. The highest BCUT2D eigenvalue weighted by atomic mass is 35.5. The molecule has 0 saturated carbocycles. The molecule has 1 atom stereocenters. The van der Waals surface area contributed by atoms with E-state index in [0.29, 0.717) is 0 Å². The first kappa shape index (κ1) is 23.5. The van der Waals surface area contributed by atoms with Crippen LogP contribution in [0.3, 0.4) is 0 Å². The summed E-state index contributed by atoms with van der Waals surface area (Å²) in [6.45, 7) is 11.3. The quantitative estimate of drug-likeness (QED) is 0.331. The van der Waals surface area contributed by atoms with Crippen LogP contribution in [0, 0.1) is 0 Å². The third-order valence-corrected chi connectivity index (χ3v) is 5.64. The number of aryl methyl sites for hydroxylation is 1. The zero-order valence-electron chi connectivity index (χ0n) is 18.6. The van der Waals surface area contributed by atoms with E-state index in [1.165, 1.54) is 5.56 Å². The van der Waals surface area contributed by atoms with E-state index in [0.717, 1.165) is 82.1 Å². The van der Waals surface area contributed by atoms with E-state index in [2.05, 4.69) is 44.1 Å². The summed E-state index contributed by atoms with van der Waals surface area (Å²) in [7, 11) is 0. The van der Waals surface area contributed by atoms with Crippen molar-refractivity contribution in [2.45, 2.75) is 39.3 Å². The van der Waals surface area contributed by atoms with Crippen LogP contribution in [0.1, 0.15) is 37.7 Å². The topological polar surface area (TPSA) is 79.6 Å². The predicted molar refractivity (Wildman–Crippen MR) is 125 cm³/mol. The molecule has 1 aliphatic heterocycles. The maximum atomic E-state index is 6.03. The Balaban J connectivity index is 1.54. The number of hydrogen-bond donors (Lipinski definition) is 2. The van der Waals surface area contributed by atoms with Crippen molar-refractivity contribution in [3.05, 3.63) is 47.0 Å². The molecular formula is C22H34ClN7O. The summed E-state index contributed by atoms with van der Waals surface area (Å²) >= 11 is 6.03. The van der Waals surface area contributed by atoms with E-state index in [-0.39, 0.29) is 6.04 Å². The molecule has 3 rings (SSSR count). The van der Waals surface area contributed by atoms with E-state index in [9.17, 15) is 0 Å². The van der Waals surface area contributed by atoms with Crippen LogP contribution in [0.4, 0.5) is 0 Å². The zero-order chi connectivity index (χ0) is 21.9. The molecule has 0 aliphatic carbocycles. The number of morpholine rings is 1. The highest BCUT2D eigenvalue weighted by molar-refractivity contribution is 6.30. The van der Waals surface area contributed by atoms with Gasteiger partial charge in [0.25, 0.3) is 0 Å². The van der Waals surface area contributed by atoms with Crippen LogP contribution in [0.2, 0.25) is 5.02 Å². The zero-order valence-corrected chi connectivity index (χ0v) is 19.3. The van der Waals surface area contributed by atoms with E-state index in [1.807, 2.05) is 24.3 Å². The molecule has 2 heterocycles. The highest BCUT2D eigenvalue weighted by Gasteiger charge is 2.11. The van der Waals surface area contributed by atoms with Crippen molar-refractivity contribution in [2.24, 2.45) is 4.99 Å². The monoisotopic (exact) mass is 447 g/mol. The average molecular weight is 448 g/mol. The number of guanidine groups is 1. The number of aromatic nitrogens is 3. The summed E-state index contributed by atoms with van der Waals surface area (Å²) < 4.78 is 7.50. The van der Waals surface area contributed by atoms with Crippen molar-refractivity contribution >= 4 is 17.6 Å². The molecule has 9 heteroatoms. The summed E-state index contributed by atoms with van der Waals surface area (Å²) in [5, 5.41) is 15.9. The second-order valence-electron chi connectivity index (χ2n) is 7.68. The number of rotatable bonds is 10. The van der Waals surface area contributed by atoms with Crippen LogP contribution < -0.4 is 10.6 Å². The Kier molecular flexibility index (Phi) is 9.58. The Morgan fingerprint density at radius 2 is 2.00 bits per heavy atom. The van der Waals surface area contributed by atoms with Crippen molar-refractivity contribution < 1.29 is 4.74 Å². The molecule has 1 aromatic carbocycles. The largest absolute Gasteiger partial charge is 0.379 e. The fourth-order valence-electron chi connectivity index (χ4n) is 3.54. The lowest BCUT2D eigenvalue weighted by Gasteiger charge is -2.26. The summed E-state index contributed by atoms with van der Waals surface area (Å²) in [6.07, 6.45) is 3.67. The Morgan fingerprint density at radius 3 is 2.74 bits per heavy atom. The van der Waals surface area contributed by atoms with Gasteiger partial charge in [0.2, 0.25) is 0 Å². The molecule has 170 valence electrons. The Labute approximate surface area is 190 Å². The molecular weight excluding hydrogens is 414 g/mol. The SMILES string of the molecule is CCc1nncn1CCNC(=NCCCN1CCOCC1)NC(C)c1ccc(Cl)cc1. The Hall–Kier alpha value is -2.16. The van der Waals surface area contributed by atoms with Crippen molar-refractivity contribution in [2.75, 3.05) is 45.9 Å².